The van der Waals surface area contributed by atoms with Gasteiger partial charge >= 0.3 is 18.0 Å². The Kier molecular flexibility index (Phi) is 6.45. The topological polar surface area (TPSA) is 87.2 Å². The summed E-state index contributed by atoms with van der Waals surface area (Å²) in [6, 6.07) is -0.998. The van der Waals surface area contributed by atoms with Crippen molar-refractivity contribution in [2.75, 3.05) is 26.2 Å². The van der Waals surface area contributed by atoms with Gasteiger partial charge in [0.2, 0.25) is 0 Å². The number of likely N-dealkylation sites (tertiary alicyclic amines) is 1. The van der Waals surface area contributed by atoms with Gasteiger partial charge in [-0.1, -0.05) is 13.8 Å². The Hall–Kier alpha value is -1.79. The van der Waals surface area contributed by atoms with Gasteiger partial charge < -0.3 is 19.6 Å². The van der Waals surface area contributed by atoms with Crippen molar-refractivity contribution < 1.29 is 24.2 Å². The van der Waals surface area contributed by atoms with Gasteiger partial charge in [0.05, 0.1) is 6.61 Å². The standard InChI is InChI=1S/C14H24N2O5/c1-4-21-13(19)11-6-5-7-16(11)14(20)15(8-10(2)3)9-12(17)18/h10-11H,4-9H2,1-3H3,(H,17,18). The summed E-state index contributed by atoms with van der Waals surface area (Å²) in [7, 11) is 0. The Labute approximate surface area is 124 Å². The first-order valence-electron chi connectivity index (χ1n) is 7.30. The first-order chi connectivity index (χ1) is 9.86. The molecule has 0 radical (unpaired) electrons. The van der Waals surface area contributed by atoms with Crippen molar-refractivity contribution in [2.45, 2.75) is 39.7 Å². The van der Waals surface area contributed by atoms with E-state index in [1.165, 1.54) is 9.80 Å². The number of rotatable bonds is 6. The SMILES string of the molecule is CCOC(=O)C1CCCN1C(=O)N(CC(=O)O)CC(C)C. The maximum atomic E-state index is 12.5. The molecule has 0 bridgehead atoms. The second-order valence-electron chi connectivity index (χ2n) is 5.55. The first kappa shape index (κ1) is 17.3. The zero-order valence-electron chi connectivity index (χ0n) is 12.9. The van der Waals surface area contributed by atoms with Crippen LogP contribution in [-0.2, 0) is 14.3 Å². The highest BCUT2D eigenvalue weighted by Gasteiger charge is 2.37. The fraction of sp³-hybridized carbons (Fsp3) is 0.786. The highest BCUT2D eigenvalue weighted by atomic mass is 16.5. The molecule has 1 aliphatic heterocycles. The van der Waals surface area contributed by atoms with Gasteiger partial charge in [-0.2, -0.15) is 0 Å². The Balaban J connectivity index is 2.80. The van der Waals surface area contributed by atoms with E-state index in [1.54, 1.807) is 6.92 Å². The van der Waals surface area contributed by atoms with E-state index in [2.05, 4.69) is 0 Å². The van der Waals surface area contributed by atoms with E-state index in [4.69, 9.17) is 9.84 Å². The van der Waals surface area contributed by atoms with Gasteiger partial charge in [0, 0.05) is 13.1 Å². The molecule has 1 aliphatic rings. The first-order valence-corrected chi connectivity index (χ1v) is 7.30. The fourth-order valence-electron chi connectivity index (χ4n) is 2.48. The van der Waals surface area contributed by atoms with E-state index in [9.17, 15) is 14.4 Å². The Morgan fingerprint density at radius 1 is 1.38 bits per heavy atom. The van der Waals surface area contributed by atoms with E-state index >= 15 is 0 Å². The molecular weight excluding hydrogens is 276 g/mol. The fourth-order valence-corrected chi connectivity index (χ4v) is 2.48. The summed E-state index contributed by atoms with van der Waals surface area (Å²) in [5.41, 5.74) is 0. The third-order valence-corrected chi connectivity index (χ3v) is 3.24. The molecule has 0 aromatic heterocycles. The molecule has 0 spiro atoms. The van der Waals surface area contributed by atoms with Crippen molar-refractivity contribution >= 4 is 18.0 Å². The van der Waals surface area contributed by atoms with Crippen LogP contribution in [0.3, 0.4) is 0 Å². The minimum absolute atomic E-state index is 0.150. The number of hydrogen-bond acceptors (Lipinski definition) is 4. The van der Waals surface area contributed by atoms with Crippen LogP contribution in [0.1, 0.15) is 33.6 Å². The molecule has 0 aromatic rings. The normalized spacial score (nSPS) is 17.9. The predicted octanol–water partition coefficient (Wildman–Crippen LogP) is 1.18. The van der Waals surface area contributed by atoms with E-state index in [-0.39, 0.29) is 19.1 Å². The van der Waals surface area contributed by atoms with Crippen molar-refractivity contribution in [2.24, 2.45) is 5.92 Å². The van der Waals surface area contributed by atoms with Crippen molar-refractivity contribution in [1.29, 1.82) is 0 Å². The van der Waals surface area contributed by atoms with Crippen LogP contribution in [0.2, 0.25) is 0 Å². The smallest absolute Gasteiger partial charge is 0.328 e. The van der Waals surface area contributed by atoms with Crippen LogP contribution in [0.4, 0.5) is 4.79 Å². The number of urea groups is 1. The third-order valence-electron chi connectivity index (χ3n) is 3.24. The number of carboxylic acid groups (broad SMARTS) is 1. The lowest BCUT2D eigenvalue weighted by molar-refractivity contribution is -0.147. The number of aliphatic carboxylic acids is 1. The van der Waals surface area contributed by atoms with Crippen LogP contribution in [0.25, 0.3) is 0 Å². The van der Waals surface area contributed by atoms with Crippen LogP contribution in [0, 0.1) is 5.92 Å². The number of carbonyl (C=O) groups excluding carboxylic acids is 2. The Morgan fingerprint density at radius 2 is 2.05 bits per heavy atom. The zero-order valence-corrected chi connectivity index (χ0v) is 12.9. The maximum Gasteiger partial charge on any atom is 0.328 e. The van der Waals surface area contributed by atoms with Crippen molar-refractivity contribution in [3.63, 3.8) is 0 Å². The van der Waals surface area contributed by atoms with Gasteiger partial charge in [-0.25, -0.2) is 9.59 Å². The molecular formula is C14H24N2O5. The maximum absolute atomic E-state index is 12.5. The number of nitrogens with zero attached hydrogens (tertiary/aromatic N) is 2. The molecule has 1 saturated heterocycles. The molecule has 1 rings (SSSR count). The van der Waals surface area contributed by atoms with Crippen molar-refractivity contribution in [1.82, 2.24) is 9.80 Å². The molecule has 2 amide bonds. The summed E-state index contributed by atoms with van der Waals surface area (Å²) in [4.78, 5) is 38.0. The molecule has 1 unspecified atom stereocenters. The third kappa shape index (κ3) is 4.91. The van der Waals surface area contributed by atoms with Gasteiger partial charge in [0.25, 0.3) is 0 Å². The summed E-state index contributed by atoms with van der Waals surface area (Å²) in [6.45, 7) is 6.25. The number of esters is 1. The molecule has 0 aliphatic carbocycles. The highest BCUT2D eigenvalue weighted by molar-refractivity contribution is 5.86. The van der Waals surface area contributed by atoms with Crippen molar-refractivity contribution in [3.8, 4) is 0 Å². The quantitative estimate of drug-likeness (QED) is 0.744. The monoisotopic (exact) mass is 300 g/mol. The average Bonchev–Trinajstić information content (AvgIpc) is 2.85. The number of carbonyl (C=O) groups is 3. The molecule has 1 N–H and O–H groups in total. The molecule has 0 saturated carbocycles. The lowest BCUT2D eigenvalue weighted by atomic mass is 10.2. The van der Waals surface area contributed by atoms with Crippen LogP contribution < -0.4 is 0 Å². The Morgan fingerprint density at radius 3 is 2.57 bits per heavy atom. The van der Waals surface area contributed by atoms with E-state index in [1.807, 2.05) is 13.8 Å². The summed E-state index contributed by atoms with van der Waals surface area (Å²) >= 11 is 0. The molecule has 0 aromatic carbocycles. The number of hydrogen-bond donors (Lipinski definition) is 1. The molecule has 7 nitrogen and oxygen atoms in total. The van der Waals surface area contributed by atoms with Crippen molar-refractivity contribution in [3.05, 3.63) is 0 Å². The molecule has 7 heteroatoms. The van der Waals surface area contributed by atoms with Gasteiger partial charge in [-0.15, -0.1) is 0 Å². The van der Waals surface area contributed by atoms with Crippen LogP contribution in [0.15, 0.2) is 0 Å². The number of carboxylic acids is 1. The lowest BCUT2D eigenvalue weighted by Crippen LogP contribution is -2.50. The van der Waals surface area contributed by atoms with E-state index in [0.29, 0.717) is 19.5 Å². The highest BCUT2D eigenvalue weighted by Crippen LogP contribution is 2.20. The minimum atomic E-state index is -1.06. The summed E-state index contributed by atoms with van der Waals surface area (Å²) in [6.07, 6.45) is 1.28. The average molecular weight is 300 g/mol. The van der Waals surface area contributed by atoms with Crippen LogP contribution in [0.5, 0.6) is 0 Å². The van der Waals surface area contributed by atoms with E-state index in [0.717, 1.165) is 6.42 Å². The number of ether oxygens (including phenoxy) is 1. The van der Waals surface area contributed by atoms with Gasteiger partial charge in [-0.05, 0) is 25.7 Å². The second-order valence-corrected chi connectivity index (χ2v) is 5.55. The largest absolute Gasteiger partial charge is 0.480 e. The summed E-state index contributed by atoms with van der Waals surface area (Å²) < 4.78 is 4.98. The zero-order chi connectivity index (χ0) is 16.0. The Bertz CT molecular complexity index is 397. The molecule has 1 fully saturated rings. The summed E-state index contributed by atoms with van der Waals surface area (Å²) in [5.74, 6) is -1.32. The van der Waals surface area contributed by atoms with Gasteiger partial charge in [-0.3, -0.25) is 4.79 Å². The summed E-state index contributed by atoms with van der Waals surface area (Å²) in [5, 5.41) is 8.94. The lowest BCUT2D eigenvalue weighted by Gasteiger charge is -2.31. The molecule has 120 valence electrons. The van der Waals surface area contributed by atoms with Gasteiger partial charge in [0.15, 0.2) is 0 Å². The molecule has 1 atom stereocenters. The van der Waals surface area contributed by atoms with E-state index < -0.39 is 24.0 Å². The van der Waals surface area contributed by atoms with Crippen LogP contribution >= 0.6 is 0 Å². The molecule has 1 heterocycles. The number of amides is 2. The van der Waals surface area contributed by atoms with Crippen LogP contribution in [-0.4, -0.2) is 65.2 Å². The minimum Gasteiger partial charge on any atom is -0.480 e. The van der Waals surface area contributed by atoms with Gasteiger partial charge in [0.1, 0.15) is 12.6 Å². The second kappa shape index (κ2) is 7.85. The predicted molar refractivity (Wildman–Crippen MR) is 75.8 cm³/mol. The molecule has 21 heavy (non-hydrogen) atoms.